The number of benzene rings is 2. The number of hydrogen-bond donors (Lipinski definition) is 2. The van der Waals surface area contributed by atoms with E-state index < -0.39 is 42.5 Å². The van der Waals surface area contributed by atoms with Gasteiger partial charge in [-0.15, -0.1) is 0 Å². The average molecular weight is 487 g/mol. The van der Waals surface area contributed by atoms with Gasteiger partial charge in [-0.05, 0) is 41.8 Å². The Morgan fingerprint density at radius 1 is 1.16 bits per heavy atom. The van der Waals surface area contributed by atoms with Gasteiger partial charge >= 0.3 is 29.6 Å². The van der Waals surface area contributed by atoms with Gasteiger partial charge in [0.25, 0.3) is 5.56 Å². The topological polar surface area (TPSA) is 137 Å². The van der Waals surface area contributed by atoms with Crippen molar-refractivity contribution in [1.29, 1.82) is 0 Å². The summed E-state index contributed by atoms with van der Waals surface area (Å²) in [6.45, 7) is 0. The van der Waals surface area contributed by atoms with Gasteiger partial charge in [-0.2, -0.15) is 0 Å². The van der Waals surface area contributed by atoms with Crippen LogP contribution in [-0.2, 0) is 26.9 Å². The first kappa shape index (κ1) is 24.3. The van der Waals surface area contributed by atoms with Crippen molar-refractivity contribution in [3.05, 3.63) is 63.5 Å². The summed E-state index contributed by atoms with van der Waals surface area (Å²) >= 11 is 0. The second kappa shape index (κ2) is 8.19. The van der Waals surface area contributed by atoms with Gasteiger partial charge in [-0.25, -0.2) is 21.2 Å². The number of sulfonamides is 1. The Bertz CT molecular complexity index is 1580. The molecule has 0 radical (unpaired) electrons. The molecule has 13 heteroatoms. The Morgan fingerprint density at radius 3 is 2.50 bits per heavy atom. The summed E-state index contributed by atoms with van der Waals surface area (Å²) in [4.78, 5) is 12.6. The SMILES string of the molecule is Cn1c(=O)c(C2=CS(=O)(=O)c3cc(NS(C)(=O)=O)ccc3N2)c([O-])c2cc(F)ccc21.[Na+]. The van der Waals surface area contributed by atoms with E-state index in [0.29, 0.717) is 0 Å². The average Bonchev–Trinajstić information content (AvgIpc) is 2.65. The molecule has 3 aromatic rings. The zero-order valence-electron chi connectivity index (χ0n) is 17.1. The molecule has 2 N–H and O–H groups in total. The van der Waals surface area contributed by atoms with Crippen molar-refractivity contribution in [3.63, 3.8) is 0 Å². The maximum absolute atomic E-state index is 13.7. The minimum Gasteiger partial charge on any atom is -0.871 e. The van der Waals surface area contributed by atoms with Gasteiger partial charge in [-0.3, -0.25) is 9.52 Å². The van der Waals surface area contributed by atoms with E-state index in [2.05, 4.69) is 10.0 Å². The molecule has 32 heavy (non-hydrogen) atoms. The fourth-order valence-electron chi connectivity index (χ4n) is 3.38. The van der Waals surface area contributed by atoms with Crippen molar-refractivity contribution >= 4 is 47.8 Å². The third-order valence-corrected chi connectivity index (χ3v) is 6.82. The van der Waals surface area contributed by atoms with Crippen molar-refractivity contribution in [2.24, 2.45) is 7.05 Å². The molecule has 0 atom stereocenters. The molecule has 0 bridgehead atoms. The number of anilines is 2. The number of fused-ring (bicyclic) bond motifs is 2. The summed E-state index contributed by atoms with van der Waals surface area (Å²) < 4.78 is 65.5. The van der Waals surface area contributed by atoms with Crippen LogP contribution in [0.5, 0.6) is 5.75 Å². The van der Waals surface area contributed by atoms with Crippen molar-refractivity contribution in [2.75, 3.05) is 16.3 Å². The molecule has 2 heterocycles. The van der Waals surface area contributed by atoms with E-state index in [1.165, 1.54) is 25.2 Å². The number of pyridine rings is 1. The van der Waals surface area contributed by atoms with Gasteiger partial charge in [0.15, 0.2) is 0 Å². The largest absolute Gasteiger partial charge is 1.00 e. The standard InChI is InChI=1S/C19H16FN3O6S2.Na/c1-23-15-6-3-10(20)7-12(15)18(24)17(19(23)25)14-9-31(28,29)16-8-11(22-30(2,26)27)4-5-13(16)21-14;/h3-9,21-22,24H,1-2H3;/q;+1/p-1. The normalized spacial score (nSPS) is 14.7. The van der Waals surface area contributed by atoms with Crippen LogP contribution in [0.4, 0.5) is 15.8 Å². The van der Waals surface area contributed by atoms with Crippen molar-refractivity contribution in [2.45, 2.75) is 4.90 Å². The molecule has 0 unspecified atom stereocenters. The molecule has 1 aliphatic heterocycles. The predicted molar refractivity (Wildman–Crippen MR) is 112 cm³/mol. The molecule has 0 saturated carbocycles. The summed E-state index contributed by atoms with van der Waals surface area (Å²) in [5, 5.41) is 16.4. The number of halogens is 1. The van der Waals surface area contributed by atoms with Crippen molar-refractivity contribution < 1.29 is 55.9 Å². The van der Waals surface area contributed by atoms with E-state index in [-0.39, 0.29) is 62.4 Å². The number of aromatic nitrogens is 1. The maximum Gasteiger partial charge on any atom is 1.00 e. The second-order valence-electron chi connectivity index (χ2n) is 7.02. The van der Waals surface area contributed by atoms with Crippen LogP contribution in [-0.4, -0.2) is 27.7 Å². The molecular formula is C19H15FN3NaO6S2. The van der Waals surface area contributed by atoms with Gasteiger partial charge in [0, 0.05) is 12.7 Å². The quantitative estimate of drug-likeness (QED) is 0.421. The van der Waals surface area contributed by atoms with Crippen LogP contribution in [0.1, 0.15) is 5.56 Å². The summed E-state index contributed by atoms with van der Waals surface area (Å²) in [6.07, 6.45) is 0.922. The van der Waals surface area contributed by atoms with Crippen LogP contribution in [0.25, 0.3) is 16.6 Å². The number of hydrogen-bond acceptors (Lipinski definition) is 7. The van der Waals surface area contributed by atoms with Crippen molar-refractivity contribution in [1.82, 2.24) is 4.57 Å². The Labute approximate surface area is 204 Å². The molecule has 0 fully saturated rings. The van der Waals surface area contributed by atoms with E-state index in [0.717, 1.165) is 34.4 Å². The minimum absolute atomic E-state index is 0. The zero-order chi connectivity index (χ0) is 22.7. The summed E-state index contributed by atoms with van der Waals surface area (Å²) in [5.74, 6) is -1.49. The fraction of sp³-hybridized carbons (Fsp3) is 0.105. The van der Waals surface area contributed by atoms with Crippen molar-refractivity contribution in [3.8, 4) is 5.75 Å². The monoisotopic (exact) mass is 487 g/mol. The summed E-state index contributed by atoms with van der Waals surface area (Å²) in [5.41, 5.74) is -1.17. The Morgan fingerprint density at radius 2 is 1.84 bits per heavy atom. The maximum atomic E-state index is 13.7. The van der Waals surface area contributed by atoms with Crippen LogP contribution in [0.2, 0.25) is 0 Å². The second-order valence-corrected chi connectivity index (χ2v) is 10.5. The van der Waals surface area contributed by atoms with E-state index in [1.807, 2.05) is 0 Å². The Hall–Kier alpha value is -2.38. The number of rotatable bonds is 3. The first-order valence-electron chi connectivity index (χ1n) is 8.73. The molecular weight excluding hydrogens is 472 g/mol. The van der Waals surface area contributed by atoms with Gasteiger partial charge in [0.05, 0.1) is 39.0 Å². The number of aryl methyl sites for hydroxylation is 1. The number of sulfone groups is 1. The Kier molecular flexibility index (Phi) is 6.21. The van der Waals surface area contributed by atoms with Gasteiger partial charge in [0.1, 0.15) is 5.82 Å². The van der Waals surface area contributed by atoms with E-state index in [4.69, 9.17) is 0 Å². The van der Waals surface area contributed by atoms with Crippen LogP contribution in [0.3, 0.4) is 0 Å². The number of nitrogens with zero attached hydrogens (tertiary/aromatic N) is 1. The number of nitrogens with one attached hydrogen (secondary N) is 2. The third-order valence-electron chi connectivity index (χ3n) is 4.71. The first-order valence-corrected chi connectivity index (χ1v) is 12.2. The van der Waals surface area contributed by atoms with E-state index in [1.54, 1.807) is 0 Å². The van der Waals surface area contributed by atoms with E-state index in [9.17, 15) is 31.1 Å². The molecule has 0 spiro atoms. The molecule has 0 saturated heterocycles. The summed E-state index contributed by atoms with van der Waals surface area (Å²) in [6, 6.07) is 7.15. The van der Waals surface area contributed by atoms with Crippen LogP contribution < -0.4 is 50.3 Å². The Balaban J connectivity index is 0.00000289. The third kappa shape index (κ3) is 4.28. The molecule has 0 amide bonds. The molecule has 1 aromatic heterocycles. The summed E-state index contributed by atoms with van der Waals surface area (Å²) in [7, 11) is -6.39. The molecule has 4 rings (SSSR count). The molecule has 1 aliphatic rings. The molecule has 2 aromatic carbocycles. The van der Waals surface area contributed by atoms with E-state index >= 15 is 0 Å². The molecule has 162 valence electrons. The smallest absolute Gasteiger partial charge is 0.871 e. The molecule has 9 nitrogen and oxygen atoms in total. The van der Waals surface area contributed by atoms with Gasteiger partial charge < -0.3 is 15.0 Å². The van der Waals surface area contributed by atoms with Gasteiger partial charge in [0.2, 0.25) is 19.9 Å². The van der Waals surface area contributed by atoms with Gasteiger partial charge in [-0.1, -0.05) is 5.75 Å². The minimum atomic E-state index is -4.15. The van der Waals surface area contributed by atoms with Crippen LogP contribution in [0, 0.1) is 5.82 Å². The molecule has 0 aliphatic carbocycles. The van der Waals surface area contributed by atoms with Crippen LogP contribution in [0.15, 0.2) is 51.5 Å². The van der Waals surface area contributed by atoms with Crippen LogP contribution >= 0.6 is 0 Å². The fourth-order valence-corrected chi connectivity index (χ4v) is 5.27. The zero-order valence-corrected chi connectivity index (χ0v) is 20.8. The predicted octanol–water partition coefficient (Wildman–Crippen LogP) is -1.68. The first-order chi connectivity index (χ1) is 14.4.